The molecule has 5 nitrogen and oxygen atoms in total. The zero-order valence-corrected chi connectivity index (χ0v) is 30.0. The predicted molar refractivity (Wildman–Crippen MR) is 188 cm³/mol. The quantitative estimate of drug-likeness (QED) is 0.126. The number of nitrogens with zero attached hydrogens (tertiary/aromatic N) is 2. The lowest BCUT2D eigenvalue weighted by Gasteiger charge is -2.36. The molecule has 1 N–H and O–H groups in total. The van der Waals surface area contributed by atoms with Crippen LogP contribution in [0.2, 0.25) is 0 Å². The Morgan fingerprint density at radius 2 is 1.77 bits per heavy atom. The summed E-state index contributed by atoms with van der Waals surface area (Å²) in [6.07, 6.45) is 13.6. The molecule has 0 saturated heterocycles. The first-order valence-corrected chi connectivity index (χ1v) is 17.6. The van der Waals surface area contributed by atoms with Crippen LogP contribution in [0, 0.1) is 17.3 Å². The highest BCUT2D eigenvalue weighted by Gasteiger charge is 2.33. The van der Waals surface area contributed by atoms with Crippen molar-refractivity contribution in [2.75, 3.05) is 6.61 Å². The van der Waals surface area contributed by atoms with Crippen molar-refractivity contribution in [3.63, 3.8) is 0 Å². The van der Waals surface area contributed by atoms with E-state index in [1.54, 1.807) is 0 Å². The number of aryl methyl sites for hydroxylation is 1. The van der Waals surface area contributed by atoms with Gasteiger partial charge in [0.1, 0.15) is 11.6 Å². The molecule has 1 aliphatic rings. The van der Waals surface area contributed by atoms with Gasteiger partial charge in [-0.15, -0.1) is 11.6 Å². The normalized spacial score (nSPS) is 18.8. The van der Waals surface area contributed by atoms with E-state index in [9.17, 15) is 4.79 Å². The molecule has 1 aliphatic carbocycles. The van der Waals surface area contributed by atoms with Gasteiger partial charge in [-0.1, -0.05) is 90.8 Å². The zero-order chi connectivity index (χ0) is 32.7. The fourth-order valence-corrected chi connectivity index (χ4v) is 5.95. The third kappa shape index (κ3) is 11.9. The van der Waals surface area contributed by atoms with E-state index < -0.39 is 0 Å². The van der Waals surface area contributed by atoms with Gasteiger partial charge >= 0.3 is 0 Å². The second-order valence-electron chi connectivity index (χ2n) is 12.8. The van der Waals surface area contributed by atoms with E-state index in [1.165, 1.54) is 5.54 Å². The van der Waals surface area contributed by atoms with E-state index in [-0.39, 0.29) is 28.7 Å². The number of hydrogen-bond acceptors (Lipinski definition) is 3. The number of rotatable bonds is 14. The van der Waals surface area contributed by atoms with E-state index >= 15 is 0 Å². The highest BCUT2D eigenvalue weighted by atomic mass is 35.5. The summed E-state index contributed by atoms with van der Waals surface area (Å²) in [5, 5.41) is 3.31. The molecule has 1 aromatic carbocycles. The fraction of sp³-hybridized carbons (Fsp3) is 0.622. The average molecular weight is 647 g/mol. The van der Waals surface area contributed by atoms with Crippen molar-refractivity contribution >= 4 is 34.7 Å². The van der Waals surface area contributed by atoms with Gasteiger partial charge in [0.05, 0.1) is 18.3 Å². The van der Waals surface area contributed by atoms with Crippen molar-refractivity contribution in [3.8, 4) is 5.75 Å². The summed E-state index contributed by atoms with van der Waals surface area (Å²) in [4.78, 5) is 18.8. The molecule has 0 spiro atoms. The van der Waals surface area contributed by atoms with Gasteiger partial charge in [0.15, 0.2) is 0 Å². The molecule has 2 aromatic rings. The molecule has 1 fully saturated rings. The van der Waals surface area contributed by atoms with Gasteiger partial charge in [-0.3, -0.25) is 4.79 Å². The first-order valence-electron chi connectivity index (χ1n) is 16.8. The Hall–Kier alpha value is -2.24. The van der Waals surface area contributed by atoms with Crippen LogP contribution in [0.3, 0.4) is 0 Å². The SMILES string of the molecule is CC.CCCCOc1ccc(CC(NC(=O)C2CCC(C(C)(C)C)CC2)c2nc(C(/C=C\C(C)Cl)=C\Cl)cn2CCC)cc1. The van der Waals surface area contributed by atoms with Crippen LogP contribution in [-0.2, 0) is 17.8 Å². The Bertz CT molecular complexity index is 1170. The summed E-state index contributed by atoms with van der Waals surface area (Å²) in [5.74, 6) is 2.53. The van der Waals surface area contributed by atoms with Crippen LogP contribution >= 0.6 is 23.2 Å². The first-order chi connectivity index (χ1) is 21.0. The summed E-state index contributed by atoms with van der Waals surface area (Å²) in [7, 11) is 0. The molecule has 7 heteroatoms. The van der Waals surface area contributed by atoms with Gasteiger partial charge in [-0.2, -0.15) is 0 Å². The number of carbonyl (C=O) groups is 1. The van der Waals surface area contributed by atoms with Crippen molar-refractivity contribution in [1.82, 2.24) is 14.9 Å². The van der Waals surface area contributed by atoms with Crippen molar-refractivity contribution < 1.29 is 9.53 Å². The Morgan fingerprint density at radius 3 is 2.32 bits per heavy atom. The van der Waals surface area contributed by atoms with Crippen molar-refractivity contribution in [1.29, 1.82) is 0 Å². The molecular formula is C37H57Cl2N3O2. The van der Waals surface area contributed by atoms with Gasteiger partial charge in [0.2, 0.25) is 5.91 Å². The van der Waals surface area contributed by atoms with Crippen LogP contribution in [0.25, 0.3) is 5.57 Å². The monoisotopic (exact) mass is 645 g/mol. The molecular weight excluding hydrogens is 589 g/mol. The second-order valence-corrected chi connectivity index (χ2v) is 13.7. The summed E-state index contributed by atoms with van der Waals surface area (Å²) in [5.41, 5.74) is 4.50. The minimum absolute atomic E-state index is 0.0286. The van der Waals surface area contributed by atoms with Gasteiger partial charge in [-0.25, -0.2) is 4.98 Å². The number of alkyl halides is 1. The van der Waals surface area contributed by atoms with E-state index in [0.717, 1.165) is 86.5 Å². The maximum atomic E-state index is 13.7. The lowest BCUT2D eigenvalue weighted by Crippen LogP contribution is -2.38. The molecule has 0 aliphatic heterocycles. The molecule has 2 unspecified atom stereocenters. The van der Waals surface area contributed by atoms with Crippen LogP contribution in [0.1, 0.15) is 123 Å². The molecule has 1 heterocycles. The molecule has 3 rings (SSSR count). The maximum absolute atomic E-state index is 13.7. The number of allylic oxidation sites excluding steroid dienone is 3. The number of halogens is 2. The largest absolute Gasteiger partial charge is 0.494 e. The molecule has 1 aromatic heterocycles. The van der Waals surface area contributed by atoms with E-state index in [0.29, 0.717) is 12.3 Å². The highest BCUT2D eigenvalue weighted by Crippen LogP contribution is 2.40. The van der Waals surface area contributed by atoms with E-state index in [1.807, 2.05) is 51.3 Å². The van der Waals surface area contributed by atoms with Gasteiger partial charge < -0.3 is 14.6 Å². The lowest BCUT2D eigenvalue weighted by molar-refractivity contribution is -0.127. The molecule has 1 amide bonds. The van der Waals surface area contributed by atoms with Gasteiger partial charge in [-0.05, 0) is 80.9 Å². The molecule has 44 heavy (non-hydrogen) atoms. The summed E-state index contributed by atoms with van der Waals surface area (Å²) in [6, 6.07) is 7.95. The fourth-order valence-electron chi connectivity index (χ4n) is 5.69. The number of carbonyl (C=O) groups excluding carboxylic acids is 1. The van der Waals surface area contributed by atoms with Crippen LogP contribution in [0.15, 0.2) is 48.1 Å². The first kappa shape index (κ1) is 37.9. The zero-order valence-electron chi connectivity index (χ0n) is 28.5. The summed E-state index contributed by atoms with van der Waals surface area (Å²) in [6.45, 7) is 18.7. The highest BCUT2D eigenvalue weighted by molar-refractivity contribution is 6.28. The third-order valence-corrected chi connectivity index (χ3v) is 8.69. The van der Waals surface area contributed by atoms with Gasteiger partial charge in [0.25, 0.3) is 0 Å². The standard InChI is InChI=1S/C35H51Cl2N3O2.C2H6/c1-7-9-21-42-30-18-11-26(12-19-30)22-31(39-34(41)27-14-16-29(17-15-27)35(4,5)6)33-38-32(24-40(33)20-8-2)28(23-36)13-10-25(3)37;1-2/h10-13,18-19,23-25,27,29,31H,7-9,14-17,20-22H2,1-6H3,(H,39,41);1-2H3/b13-10-,28-23-;. The number of amides is 1. The van der Waals surface area contributed by atoms with E-state index in [2.05, 4.69) is 56.6 Å². The molecule has 246 valence electrons. The smallest absolute Gasteiger partial charge is 0.223 e. The Labute approximate surface area is 277 Å². The third-order valence-electron chi connectivity index (χ3n) is 8.31. The van der Waals surface area contributed by atoms with Crippen LogP contribution in [0.5, 0.6) is 5.75 Å². The number of benzene rings is 1. The second kappa shape index (κ2) is 19.3. The predicted octanol–water partition coefficient (Wildman–Crippen LogP) is 10.5. The summed E-state index contributed by atoms with van der Waals surface area (Å²) < 4.78 is 8.04. The van der Waals surface area contributed by atoms with Crippen molar-refractivity contribution in [2.45, 2.75) is 125 Å². The lowest BCUT2D eigenvalue weighted by atomic mass is 9.69. The number of imidazole rings is 1. The maximum Gasteiger partial charge on any atom is 0.223 e. The number of unbranched alkanes of at least 4 members (excludes halogenated alkanes) is 1. The Balaban J connectivity index is 0.00000330. The molecule has 0 radical (unpaired) electrons. The minimum atomic E-state index is -0.280. The van der Waals surface area contributed by atoms with Gasteiger partial charge in [0, 0.05) is 35.1 Å². The topological polar surface area (TPSA) is 56.1 Å². The van der Waals surface area contributed by atoms with Crippen molar-refractivity contribution in [2.24, 2.45) is 17.3 Å². The number of hydrogen-bond donors (Lipinski definition) is 1. The van der Waals surface area contributed by atoms with E-state index in [4.69, 9.17) is 32.9 Å². The summed E-state index contributed by atoms with van der Waals surface area (Å²) >= 11 is 12.4. The average Bonchev–Trinajstić information content (AvgIpc) is 3.42. The van der Waals surface area contributed by atoms with Crippen molar-refractivity contribution in [3.05, 3.63) is 65.2 Å². The Kier molecular flexibility index (Phi) is 16.7. The molecule has 1 saturated carbocycles. The minimum Gasteiger partial charge on any atom is -0.494 e. The molecule has 0 bridgehead atoms. The molecule has 2 atom stereocenters. The number of aromatic nitrogens is 2. The Morgan fingerprint density at radius 1 is 1.11 bits per heavy atom. The van der Waals surface area contributed by atoms with Crippen LogP contribution in [0.4, 0.5) is 0 Å². The van der Waals surface area contributed by atoms with Crippen LogP contribution < -0.4 is 10.1 Å². The number of ether oxygens (including phenoxy) is 1. The number of nitrogens with one attached hydrogen (secondary N) is 1. The van der Waals surface area contributed by atoms with Crippen LogP contribution in [-0.4, -0.2) is 27.4 Å².